The first kappa shape index (κ1) is 15.0. The van der Waals surface area contributed by atoms with Crippen LogP contribution in [0.5, 0.6) is 0 Å². The maximum Gasteiger partial charge on any atom is 0.329 e. The van der Waals surface area contributed by atoms with E-state index in [1.54, 1.807) is 6.07 Å². The van der Waals surface area contributed by atoms with E-state index in [0.717, 1.165) is 23.6 Å². The average Bonchev–Trinajstić information content (AvgIpc) is 2.97. The largest absolute Gasteiger partial charge is 0.480 e. The van der Waals surface area contributed by atoms with Gasteiger partial charge < -0.3 is 10.4 Å². The van der Waals surface area contributed by atoms with E-state index in [9.17, 15) is 14.7 Å². The topological polar surface area (TPSA) is 66.4 Å². The van der Waals surface area contributed by atoms with E-state index in [4.69, 9.17) is 0 Å². The van der Waals surface area contributed by atoms with Crippen molar-refractivity contribution in [2.45, 2.75) is 31.2 Å². The van der Waals surface area contributed by atoms with Crippen LogP contribution in [0.15, 0.2) is 40.9 Å². The molecule has 0 spiro atoms. The molecule has 0 saturated heterocycles. The van der Waals surface area contributed by atoms with Gasteiger partial charge in [0.2, 0.25) is 0 Å². The number of benzene rings is 2. The number of hydrogen-bond acceptors (Lipinski definition) is 2. The van der Waals surface area contributed by atoms with Gasteiger partial charge in [-0.25, -0.2) is 4.79 Å². The highest BCUT2D eigenvalue weighted by Crippen LogP contribution is 2.32. The van der Waals surface area contributed by atoms with E-state index in [1.165, 1.54) is 0 Å². The molecule has 1 aliphatic carbocycles. The molecule has 1 aliphatic rings. The Labute approximate surface area is 136 Å². The fourth-order valence-corrected chi connectivity index (χ4v) is 3.74. The summed E-state index contributed by atoms with van der Waals surface area (Å²) in [5.74, 6) is -1.29. The first-order chi connectivity index (χ1) is 10.5. The van der Waals surface area contributed by atoms with Crippen molar-refractivity contribution in [1.82, 2.24) is 5.32 Å². The second-order valence-electron chi connectivity index (χ2n) is 5.70. The van der Waals surface area contributed by atoms with Crippen molar-refractivity contribution in [2.75, 3.05) is 0 Å². The molecule has 5 heteroatoms. The van der Waals surface area contributed by atoms with Crippen molar-refractivity contribution in [2.24, 2.45) is 0 Å². The van der Waals surface area contributed by atoms with Crippen molar-refractivity contribution in [3.63, 3.8) is 0 Å². The van der Waals surface area contributed by atoms with Crippen molar-refractivity contribution < 1.29 is 14.7 Å². The molecule has 0 unspecified atom stereocenters. The summed E-state index contributed by atoms with van der Waals surface area (Å²) in [7, 11) is 0. The number of amides is 1. The third kappa shape index (κ3) is 2.50. The number of carbonyl (C=O) groups excluding carboxylic acids is 1. The van der Waals surface area contributed by atoms with Crippen molar-refractivity contribution in [3.8, 4) is 0 Å². The maximum atomic E-state index is 12.6. The number of rotatable bonds is 3. The van der Waals surface area contributed by atoms with Crippen LogP contribution in [0.3, 0.4) is 0 Å². The number of nitrogens with one attached hydrogen (secondary N) is 1. The van der Waals surface area contributed by atoms with E-state index in [-0.39, 0.29) is 5.91 Å². The molecule has 1 saturated carbocycles. The van der Waals surface area contributed by atoms with Gasteiger partial charge in [0, 0.05) is 4.47 Å². The molecule has 0 aliphatic heterocycles. The Bertz CT molecular complexity index is 751. The number of carboxylic acids is 1. The minimum absolute atomic E-state index is 0.345. The highest BCUT2D eigenvalue weighted by Gasteiger charge is 2.42. The lowest BCUT2D eigenvalue weighted by atomic mass is 9.97. The standard InChI is InChI=1S/C17H16BrNO3/c18-14-12-6-2-1-5-11(12)7-8-13(14)15(20)19-17(16(21)22)9-3-4-10-17/h1-2,5-8H,3-4,9-10H2,(H,19,20)(H,21,22). The molecule has 4 nitrogen and oxygen atoms in total. The quantitative estimate of drug-likeness (QED) is 0.875. The lowest BCUT2D eigenvalue weighted by molar-refractivity contribution is -0.144. The van der Waals surface area contributed by atoms with Gasteiger partial charge in [-0.05, 0) is 45.6 Å². The van der Waals surface area contributed by atoms with Crippen molar-refractivity contribution >= 4 is 38.6 Å². The van der Waals surface area contributed by atoms with Gasteiger partial charge in [0.1, 0.15) is 5.54 Å². The third-order valence-corrected chi connectivity index (χ3v) is 5.18. The summed E-state index contributed by atoms with van der Waals surface area (Å²) in [6.45, 7) is 0. The van der Waals surface area contributed by atoms with E-state index >= 15 is 0 Å². The predicted molar refractivity (Wildman–Crippen MR) is 87.9 cm³/mol. The van der Waals surface area contributed by atoms with Gasteiger partial charge in [-0.2, -0.15) is 0 Å². The smallest absolute Gasteiger partial charge is 0.329 e. The van der Waals surface area contributed by atoms with Crippen LogP contribution in [-0.4, -0.2) is 22.5 Å². The Kier molecular flexibility index (Phi) is 3.91. The molecule has 0 aromatic heterocycles. The third-order valence-electron chi connectivity index (χ3n) is 4.33. The molecule has 0 heterocycles. The van der Waals surface area contributed by atoms with E-state index in [0.29, 0.717) is 22.9 Å². The molecule has 2 aromatic carbocycles. The summed E-state index contributed by atoms with van der Waals surface area (Å²) in [4.78, 5) is 24.1. The molecular formula is C17H16BrNO3. The van der Waals surface area contributed by atoms with Gasteiger partial charge >= 0.3 is 5.97 Å². The molecule has 1 amide bonds. The van der Waals surface area contributed by atoms with Gasteiger partial charge in [-0.1, -0.05) is 43.2 Å². The number of halogens is 1. The van der Waals surface area contributed by atoms with Crippen LogP contribution in [-0.2, 0) is 4.79 Å². The highest BCUT2D eigenvalue weighted by atomic mass is 79.9. The number of aliphatic carboxylic acids is 1. The highest BCUT2D eigenvalue weighted by molar-refractivity contribution is 9.10. The molecule has 3 rings (SSSR count). The summed E-state index contributed by atoms with van der Waals surface area (Å²) in [6.07, 6.45) is 2.62. The van der Waals surface area contributed by atoms with Crippen molar-refractivity contribution in [3.05, 3.63) is 46.4 Å². The SMILES string of the molecule is O=C(NC1(C(=O)O)CCCC1)c1ccc2ccccc2c1Br. The molecule has 1 fully saturated rings. The van der Waals surface area contributed by atoms with Crippen LogP contribution in [0.25, 0.3) is 10.8 Å². The molecule has 22 heavy (non-hydrogen) atoms. The number of carboxylic acid groups (broad SMARTS) is 1. The number of fused-ring (bicyclic) bond motifs is 1. The van der Waals surface area contributed by atoms with Crippen molar-refractivity contribution in [1.29, 1.82) is 0 Å². The Morgan fingerprint density at radius 3 is 2.45 bits per heavy atom. The normalized spacial score (nSPS) is 16.6. The molecule has 0 atom stereocenters. The zero-order valence-electron chi connectivity index (χ0n) is 11.9. The fourth-order valence-electron chi connectivity index (χ4n) is 3.06. The maximum absolute atomic E-state index is 12.6. The second-order valence-corrected chi connectivity index (χ2v) is 6.49. The molecular weight excluding hydrogens is 346 g/mol. The lowest BCUT2D eigenvalue weighted by Crippen LogP contribution is -2.52. The summed E-state index contributed by atoms with van der Waals surface area (Å²) in [6, 6.07) is 11.3. The summed E-state index contributed by atoms with van der Waals surface area (Å²) in [5, 5.41) is 14.2. The molecule has 2 N–H and O–H groups in total. The summed E-state index contributed by atoms with van der Waals surface area (Å²) >= 11 is 3.48. The average molecular weight is 362 g/mol. The minimum Gasteiger partial charge on any atom is -0.480 e. The second kappa shape index (κ2) is 5.72. The molecule has 114 valence electrons. The monoisotopic (exact) mass is 361 g/mol. The Balaban J connectivity index is 1.95. The van der Waals surface area contributed by atoms with E-state index in [2.05, 4.69) is 21.2 Å². The van der Waals surface area contributed by atoms with E-state index < -0.39 is 11.5 Å². The van der Waals surface area contributed by atoms with E-state index in [1.807, 2.05) is 30.3 Å². The zero-order valence-corrected chi connectivity index (χ0v) is 13.5. The van der Waals surface area contributed by atoms with Crippen LogP contribution >= 0.6 is 15.9 Å². The van der Waals surface area contributed by atoms with Gasteiger partial charge in [0.15, 0.2) is 0 Å². The minimum atomic E-state index is -1.12. The van der Waals surface area contributed by atoms with Gasteiger partial charge in [0.25, 0.3) is 5.91 Å². The van der Waals surface area contributed by atoms with Crippen LogP contribution in [0, 0.1) is 0 Å². The molecule has 2 aromatic rings. The Morgan fingerprint density at radius 1 is 1.09 bits per heavy atom. The Morgan fingerprint density at radius 2 is 1.77 bits per heavy atom. The van der Waals surface area contributed by atoms with Gasteiger partial charge in [0.05, 0.1) is 5.56 Å². The molecule has 0 radical (unpaired) electrons. The lowest BCUT2D eigenvalue weighted by Gasteiger charge is -2.25. The predicted octanol–water partition coefficient (Wildman–Crippen LogP) is 3.73. The van der Waals surface area contributed by atoms with Crippen LogP contribution in [0.4, 0.5) is 0 Å². The van der Waals surface area contributed by atoms with Crippen LogP contribution in [0.1, 0.15) is 36.0 Å². The first-order valence-corrected chi connectivity index (χ1v) is 8.06. The van der Waals surface area contributed by atoms with Gasteiger partial charge in [-0.3, -0.25) is 4.79 Å². The zero-order chi connectivity index (χ0) is 15.7. The number of hydrogen-bond donors (Lipinski definition) is 2. The van der Waals surface area contributed by atoms with Crippen LogP contribution < -0.4 is 5.32 Å². The first-order valence-electron chi connectivity index (χ1n) is 7.27. The summed E-state index contributed by atoms with van der Waals surface area (Å²) < 4.78 is 0.696. The molecule has 0 bridgehead atoms. The fraction of sp³-hybridized carbons (Fsp3) is 0.294. The van der Waals surface area contributed by atoms with Gasteiger partial charge in [-0.15, -0.1) is 0 Å². The number of carbonyl (C=O) groups is 2. The Hall–Kier alpha value is -1.88. The van der Waals surface area contributed by atoms with Crippen LogP contribution in [0.2, 0.25) is 0 Å². The summed E-state index contributed by atoms with van der Waals surface area (Å²) in [5.41, 5.74) is -0.659.